The Hall–Kier alpha value is -1.69. The van der Waals surface area contributed by atoms with E-state index in [-0.39, 0.29) is 0 Å². The summed E-state index contributed by atoms with van der Waals surface area (Å²) in [5.74, 6) is 1.72. The zero-order valence-corrected chi connectivity index (χ0v) is 15.8. The van der Waals surface area contributed by atoms with Gasteiger partial charge in [-0.15, -0.1) is 11.8 Å². The number of β-amino-alcohol motifs (C(OH)–C–C–N with tert-alkyl or cyclic N) is 1. The number of rotatable bonds is 6. The van der Waals surface area contributed by atoms with E-state index in [0.717, 1.165) is 47.0 Å². The Morgan fingerprint density at radius 3 is 2.48 bits per heavy atom. The maximum atomic E-state index is 11.0. The van der Waals surface area contributed by atoms with Gasteiger partial charge in [-0.3, -0.25) is 4.90 Å². The smallest absolute Gasteiger partial charge is 0.132 e. The van der Waals surface area contributed by atoms with Crippen molar-refractivity contribution in [1.29, 1.82) is 0 Å². The number of ether oxygens (including phenoxy) is 2. The molecule has 0 saturated carbocycles. The lowest BCUT2D eigenvalue weighted by Gasteiger charge is -2.24. The molecule has 1 N–H and O–H groups in total. The maximum absolute atomic E-state index is 11.0. The predicted octanol–water partition coefficient (Wildman–Crippen LogP) is 3.52. The Bertz CT molecular complexity index is 722. The SMILES string of the molecule is COc1cc(SC)c(OC)cc1CN1CC[C@](O)(c2ccccc2)C1. The topological polar surface area (TPSA) is 41.9 Å². The summed E-state index contributed by atoms with van der Waals surface area (Å²) < 4.78 is 11.1. The minimum Gasteiger partial charge on any atom is -0.496 e. The summed E-state index contributed by atoms with van der Waals surface area (Å²) >= 11 is 1.64. The molecular weight excluding hydrogens is 334 g/mol. The summed E-state index contributed by atoms with van der Waals surface area (Å²) in [6, 6.07) is 14.0. The first-order chi connectivity index (χ1) is 12.1. The molecule has 1 aliphatic rings. The van der Waals surface area contributed by atoms with Crippen molar-refractivity contribution in [2.24, 2.45) is 0 Å². The normalized spacial score (nSPS) is 20.6. The molecule has 4 nitrogen and oxygen atoms in total. The molecule has 0 amide bonds. The molecule has 134 valence electrons. The number of nitrogens with zero attached hydrogens (tertiary/aromatic N) is 1. The number of benzene rings is 2. The minimum atomic E-state index is -0.780. The van der Waals surface area contributed by atoms with Gasteiger partial charge in [0.05, 0.1) is 19.1 Å². The van der Waals surface area contributed by atoms with Crippen LogP contribution in [0.25, 0.3) is 0 Å². The molecule has 1 aliphatic heterocycles. The van der Waals surface area contributed by atoms with Crippen molar-refractivity contribution in [3.8, 4) is 11.5 Å². The molecule has 0 radical (unpaired) electrons. The van der Waals surface area contributed by atoms with Gasteiger partial charge in [0.2, 0.25) is 0 Å². The van der Waals surface area contributed by atoms with E-state index in [9.17, 15) is 5.11 Å². The van der Waals surface area contributed by atoms with Crippen molar-refractivity contribution in [3.05, 3.63) is 53.6 Å². The number of likely N-dealkylation sites (tertiary alicyclic amines) is 1. The Labute approximate surface area is 153 Å². The molecule has 0 bridgehead atoms. The van der Waals surface area contributed by atoms with Crippen LogP contribution < -0.4 is 9.47 Å². The van der Waals surface area contributed by atoms with E-state index in [2.05, 4.69) is 4.90 Å². The Morgan fingerprint density at radius 2 is 1.84 bits per heavy atom. The number of methoxy groups -OCH3 is 2. The Morgan fingerprint density at radius 1 is 1.12 bits per heavy atom. The molecular formula is C20H25NO3S. The lowest BCUT2D eigenvalue weighted by Crippen LogP contribution is -2.30. The van der Waals surface area contributed by atoms with Crippen LogP contribution in [0.3, 0.4) is 0 Å². The fourth-order valence-corrected chi connectivity index (χ4v) is 4.02. The number of hydrogen-bond donors (Lipinski definition) is 1. The maximum Gasteiger partial charge on any atom is 0.132 e. The fourth-order valence-electron chi connectivity index (χ4n) is 3.45. The van der Waals surface area contributed by atoms with E-state index in [1.165, 1.54) is 0 Å². The molecule has 1 heterocycles. The second-order valence-corrected chi connectivity index (χ2v) is 7.23. The number of aliphatic hydroxyl groups is 1. The Balaban J connectivity index is 1.79. The zero-order valence-electron chi connectivity index (χ0n) is 15.0. The first-order valence-electron chi connectivity index (χ1n) is 8.39. The van der Waals surface area contributed by atoms with Crippen LogP contribution >= 0.6 is 11.8 Å². The summed E-state index contributed by atoms with van der Waals surface area (Å²) in [7, 11) is 3.38. The van der Waals surface area contributed by atoms with E-state index in [0.29, 0.717) is 6.54 Å². The van der Waals surface area contributed by atoms with Crippen molar-refractivity contribution >= 4 is 11.8 Å². The molecule has 0 aliphatic carbocycles. The molecule has 1 atom stereocenters. The van der Waals surface area contributed by atoms with Gasteiger partial charge in [0.25, 0.3) is 0 Å². The summed E-state index contributed by atoms with van der Waals surface area (Å²) in [5.41, 5.74) is 1.28. The standard InChI is InChI=1S/C20H25NO3S/c1-23-17-12-19(25-3)18(24-2)11-15(17)13-21-10-9-20(22,14-21)16-7-5-4-6-8-16/h4-8,11-12,22H,9-10,13-14H2,1-3H3/t20-/m1/s1. The van der Waals surface area contributed by atoms with Crippen LogP contribution in [0.5, 0.6) is 11.5 Å². The van der Waals surface area contributed by atoms with Crippen molar-refractivity contribution in [3.63, 3.8) is 0 Å². The highest BCUT2D eigenvalue weighted by Crippen LogP contribution is 2.37. The molecule has 3 rings (SSSR count). The minimum absolute atomic E-state index is 0.618. The van der Waals surface area contributed by atoms with Crippen LogP contribution in [0.2, 0.25) is 0 Å². The first kappa shape index (κ1) is 18.1. The monoisotopic (exact) mass is 359 g/mol. The molecule has 2 aromatic carbocycles. The molecule has 1 saturated heterocycles. The van der Waals surface area contributed by atoms with E-state index in [4.69, 9.17) is 9.47 Å². The first-order valence-corrected chi connectivity index (χ1v) is 9.61. The van der Waals surface area contributed by atoms with Gasteiger partial charge in [-0.05, 0) is 30.4 Å². The number of hydrogen-bond acceptors (Lipinski definition) is 5. The lowest BCUT2D eigenvalue weighted by atomic mass is 9.93. The van der Waals surface area contributed by atoms with E-state index < -0.39 is 5.60 Å². The molecule has 0 unspecified atom stereocenters. The van der Waals surface area contributed by atoms with Gasteiger partial charge < -0.3 is 14.6 Å². The largest absolute Gasteiger partial charge is 0.496 e. The fraction of sp³-hybridized carbons (Fsp3) is 0.400. The van der Waals surface area contributed by atoms with E-state index in [1.807, 2.05) is 48.7 Å². The summed E-state index contributed by atoms with van der Waals surface area (Å²) in [6.45, 7) is 2.19. The van der Waals surface area contributed by atoms with Gasteiger partial charge in [-0.1, -0.05) is 30.3 Å². The predicted molar refractivity (Wildman–Crippen MR) is 102 cm³/mol. The van der Waals surface area contributed by atoms with Crippen molar-refractivity contribution in [1.82, 2.24) is 4.90 Å². The van der Waals surface area contributed by atoms with Gasteiger partial charge in [0, 0.05) is 25.2 Å². The highest BCUT2D eigenvalue weighted by molar-refractivity contribution is 7.98. The molecule has 0 spiro atoms. The molecule has 5 heteroatoms. The van der Waals surface area contributed by atoms with Crippen LogP contribution in [0.1, 0.15) is 17.5 Å². The highest BCUT2D eigenvalue weighted by Gasteiger charge is 2.37. The summed E-state index contributed by atoms with van der Waals surface area (Å²) in [4.78, 5) is 3.33. The van der Waals surface area contributed by atoms with Gasteiger partial charge in [-0.25, -0.2) is 0 Å². The second-order valence-electron chi connectivity index (χ2n) is 6.38. The van der Waals surface area contributed by atoms with Crippen LogP contribution in [0, 0.1) is 0 Å². The van der Waals surface area contributed by atoms with Gasteiger partial charge in [0.1, 0.15) is 17.1 Å². The van der Waals surface area contributed by atoms with Crippen molar-refractivity contribution in [2.45, 2.75) is 23.5 Å². The van der Waals surface area contributed by atoms with Gasteiger partial charge in [0.15, 0.2) is 0 Å². The third-order valence-corrected chi connectivity index (χ3v) is 5.58. The average Bonchev–Trinajstić information content (AvgIpc) is 3.04. The summed E-state index contributed by atoms with van der Waals surface area (Å²) in [6.07, 6.45) is 2.76. The lowest BCUT2D eigenvalue weighted by molar-refractivity contribution is 0.0452. The molecule has 2 aromatic rings. The summed E-state index contributed by atoms with van der Waals surface area (Å²) in [5, 5.41) is 11.0. The van der Waals surface area contributed by atoms with Gasteiger partial charge >= 0.3 is 0 Å². The second kappa shape index (κ2) is 7.68. The molecule has 1 fully saturated rings. The van der Waals surface area contributed by atoms with Crippen LogP contribution in [0.15, 0.2) is 47.4 Å². The van der Waals surface area contributed by atoms with Crippen LogP contribution in [0.4, 0.5) is 0 Å². The zero-order chi connectivity index (χ0) is 17.9. The number of thioether (sulfide) groups is 1. The third-order valence-electron chi connectivity index (χ3n) is 4.82. The van der Waals surface area contributed by atoms with E-state index in [1.54, 1.807) is 26.0 Å². The molecule has 0 aromatic heterocycles. The van der Waals surface area contributed by atoms with Crippen LogP contribution in [-0.2, 0) is 12.1 Å². The van der Waals surface area contributed by atoms with Gasteiger partial charge in [-0.2, -0.15) is 0 Å². The van der Waals surface area contributed by atoms with Crippen molar-refractivity contribution < 1.29 is 14.6 Å². The highest BCUT2D eigenvalue weighted by atomic mass is 32.2. The van der Waals surface area contributed by atoms with E-state index >= 15 is 0 Å². The Kier molecular flexibility index (Phi) is 5.57. The molecule has 25 heavy (non-hydrogen) atoms. The van der Waals surface area contributed by atoms with Crippen LogP contribution in [-0.4, -0.2) is 43.6 Å². The average molecular weight is 359 g/mol. The van der Waals surface area contributed by atoms with Crippen molar-refractivity contribution in [2.75, 3.05) is 33.6 Å². The third kappa shape index (κ3) is 3.78. The quantitative estimate of drug-likeness (QED) is 0.800.